The first kappa shape index (κ1) is 20.7. The first-order valence-corrected chi connectivity index (χ1v) is 10.7. The minimum atomic E-state index is -0.278. The van der Waals surface area contributed by atoms with Gasteiger partial charge in [-0.15, -0.1) is 5.10 Å². The molecule has 33 heavy (non-hydrogen) atoms. The van der Waals surface area contributed by atoms with Crippen LogP contribution >= 0.6 is 0 Å². The number of amides is 1. The zero-order valence-electron chi connectivity index (χ0n) is 18.2. The van der Waals surface area contributed by atoms with Crippen LogP contribution in [0.25, 0.3) is 17.2 Å². The molecule has 1 aromatic carbocycles. The summed E-state index contributed by atoms with van der Waals surface area (Å²) in [7, 11) is 1.66. The summed E-state index contributed by atoms with van der Waals surface area (Å²) >= 11 is 0. The molecule has 0 bridgehead atoms. The summed E-state index contributed by atoms with van der Waals surface area (Å²) < 4.78 is 8.76. The minimum Gasteiger partial charge on any atom is -0.497 e. The van der Waals surface area contributed by atoms with Crippen LogP contribution < -0.4 is 15.8 Å². The fourth-order valence-electron chi connectivity index (χ4n) is 3.97. The van der Waals surface area contributed by atoms with Crippen molar-refractivity contribution in [3.05, 3.63) is 66.0 Å². The van der Waals surface area contributed by atoms with Crippen molar-refractivity contribution in [2.75, 3.05) is 19.4 Å². The van der Waals surface area contributed by atoms with Gasteiger partial charge in [0.2, 0.25) is 0 Å². The van der Waals surface area contributed by atoms with Crippen LogP contribution in [0.3, 0.4) is 0 Å². The second kappa shape index (κ2) is 8.73. The Labute approximate surface area is 190 Å². The average molecular weight is 444 g/mol. The number of hydrogen-bond acceptors (Lipinski definition) is 7. The van der Waals surface area contributed by atoms with E-state index in [0.717, 1.165) is 48.4 Å². The number of fused-ring (bicyclic) bond motifs is 3. The van der Waals surface area contributed by atoms with Crippen LogP contribution in [0.2, 0.25) is 0 Å². The number of aryl methyl sites for hydroxylation is 3. The number of carbonyl (C=O) groups is 1. The molecule has 0 aliphatic heterocycles. The Balaban J connectivity index is 1.33. The van der Waals surface area contributed by atoms with Crippen molar-refractivity contribution in [2.24, 2.45) is 0 Å². The molecule has 0 fully saturated rings. The van der Waals surface area contributed by atoms with E-state index >= 15 is 0 Å². The number of nitrogen functional groups attached to an aromatic ring is 1. The van der Waals surface area contributed by atoms with Gasteiger partial charge in [-0.05, 0) is 48.6 Å². The van der Waals surface area contributed by atoms with E-state index in [1.54, 1.807) is 25.8 Å². The van der Waals surface area contributed by atoms with Crippen LogP contribution in [-0.4, -0.2) is 48.9 Å². The summed E-state index contributed by atoms with van der Waals surface area (Å²) in [6.07, 6.45) is 11.3. The maximum Gasteiger partial charge on any atom is 0.256 e. The zero-order chi connectivity index (χ0) is 22.8. The molecule has 1 aliphatic rings. The van der Waals surface area contributed by atoms with E-state index < -0.39 is 0 Å². The summed E-state index contributed by atoms with van der Waals surface area (Å²) in [4.78, 5) is 25.8. The quantitative estimate of drug-likeness (QED) is 0.418. The van der Waals surface area contributed by atoms with E-state index in [9.17, 15) is 4.79 Å². The highest BCUT2D eigenvalue weighted by Crippen LogP contribution is 2.34. The fourth-order valence-corrected chi connectivity index (χ4v) is 3.97. The van der Waals surface area contributed by atoms with Gasteiger partial charge in [-0.25, -0.2) is 19.6 Å². The number of carbonyl (C=O) groups excluding carboxylic acids is 1. The molecular weight excluding hydrogens is 420 g/mol. The van der Waals surface area contributed by atoms with Crippen LogP contribution in [0.4, 0.5) is 5.82 Å². The fraction of sp³-hybridized carbons (Fsp3) is 0.261. The summed E-state index contributed by atoms with van der Waals surface area (Å²) in [5.41, 5.74) is 10.5. The highest BCUT2D eigenvalue weighted by molar-refractivity contribution is 5.98. The number of nitrogens with zero attached hydrogens (tertiary/aromatic N) is 6. The zero-order valence-corrected chi connectivity index (χ0v) is 18.2. The SMILES string of the molecule is COc1ccc2c(c1)CCc1cnc(-n3cc(C(=O)NCCCn4ccnc4)c(N)n3)nc1-2. The third-order valence-electron chi connectivity index (χ3n) is 5.71. The van der Waals surface area contributed by atoms with Crippen molar-refractivity contribution in [1.82, 2.24) is 34.6 Å². The Kier molecular flexibility index (Phi) is 5.47. The van der Waals surface area contributed by atoms with Crippen molar-refractivity contribution >= 4 is 11.7 Å². The molecule has 3 N–H and O–H groups in total. The number of ether oxygens (including phenoxy) is 1. The van der Waals surface area contributed by atoms with E-state index in [1.807, 2.05) is 35.2 Å². The van der Waals surface area contributed by atoms with Crippen molar-refractivity contribution in [1.29, 1.82) is 0 Å². The summed E-state index contributed by atoms with van der Waals surface area (Å²) in [6.45, 7) is 1.28. The third kappa shape index (κ3) is 4.14. The molecule has 0 saturated carbocycles. The number of aromatic nitrogens is 6. The predicted octanol–water partition coefficient (Wildman–Crippen LogP) is 2.04. The number of methoxy groups -OCH3 is 1. The number of hydrogen-bond donors (Lipinski definition) is 2. The Hall–Kier alpha value is -4.21. The molecule has 0 atom stereocenters. The number of rotatable bonds is 7. The number of nitrogens with two attached hydrogens (primary N) is 1. The van der Waals surface area contributed by atoms with Crippen molar-refractivity contribution in [3.8, 4) is 23.0 Å². The van der Waals surface area contributed by atoms with E-state index in [2.05, 4.69) is 20.4 Å². The van der Waals surface area contributed by atoms with E-state index in [1.165, 1.54) is 10.2 Å². The Morgan fingerprint density at radius 1 is 1.27 bits per heavy atom. The van der Waals surface area contributed by atoms with Gasteiger partial charge >= 0.3 is 0 Å². The highest BCUT2D eigenvalue weighted by atomic mass is 16.5. The normalized spacial score (nSPS) is 12.2. The summed E-state index contributed by atoms with van der Waals surface area (Å²) in [5.74, 6) is 1.05. The number of anilines is 1. The highest BCUT2D eigenvalue weighted by Gasteiger charge is 2.21. The average Bonchev–Trinajstić information content (AvgIpc) is 3.50. The number of nitrogens with one attached hydrogen (secondary N) is 1. The lowest BCUT2D eigenvalue weighted by Crippen LogP contribution is -2.25. The van der Waals surface area contributed by atoms with Gasteiger partial charge in [-0.1, -0.05) is 0 Å². The van der Waals surface area contributed by atoms with Crippen molar-refractivity contribution in [2.45, 2.75) is 25.8 Å². The molecule has 0 spiro atoms. The Bertz CT molecular complexity index is 1300. The predicted molar refractivity (Wildman–Crippen MR) is 122 cm³/mol. The smallest absolute Gasteiger partial charge is 0.256 e. The van der Waals surface area contributed by atoms with Gasteiger partial charge in [0.25, 0.3) is 11.9 Å². The molecule has 10 nitrogen and oxygen atoms in total. The summed E-state index contributed by atoms with van der Waals surface area (Å²) in [5, 5.41) is 7.16. The van der Waals surface area contributed by atoms with Gasteiger partial charge in [-0.3, -0.25) is 4.79 Å². The molecule has 5 rings (SSSR count). The maximum absolute atomic E-state index is 12.6. The lowest BCUT2D eigenvalue weighted by Gasteiger charge is -2.19. The number of benzene rings is 1. The molecule has 4 aromatic rings. The Morgan fingerprint density at radius 3 is 2.97 bits per heavy atom. The van der Waals surface area contributed by atoms with Gasteiger partial charge in [0.15, 0.2) is 5.82 Å². The lowest BCUT2D eigenvalue weighted by atomic mass is 9.90. The second-order valence-electron chi connectivity index (χ2n) is 7.85. The van der Waals surface area contributed by atoms with Gasteiger partial charge in [0.1, 0.15) is 11.3 Å². The second-order valence-corrected chi connectivity index (χ2v) is 7.85. The van der Waals surface area contributed by atoms with Crippen molar-refractivity contribution < 1.29 is 9.53 Å². The van der Waals surface area contributed by atoms with Crippen LogP contribution in [0, 0.1) is 0 Å². The summed E-state index contributed by atoms with van der Waals surface area (Å²) in [6, 6.07) is 5.99. The van der Waals surface area contributed by atoms with E-state index in [4.69, 9.17) is 15.5 Å². The molecule has 3 aromatic heterocycles. The molecule has 1 aliphatic carbocycles. The van der Waals surface area contributed by atoms with Gasteiger partial charge in [-0.2, -0.15) is 0 Å². The number of imidazole rings is 1. The monoisotopic (exact) mass is 444 g/mol. The third-order valence-corrected chi connectivity index (χ3v) is 5.71. The van der Waals surface area contributed by atoms with Crippen LogP contribution in [-0.2, 0) is 19.4 Å². The van der Waals surface area contributed by atoms with Crippen molar-refractivity contribution in [3.63, 3.8) is 0 Å². The first-order valence-electron chi connectivity index (χ1n) is 10.7. The van der Waals surface area contributed by atoms with Crippen LogP contribution in [0.15, 0.2) is 49.3 Å². The van der Waals surface area contributed by atoms with Gasteiger partial charge in [0, 0.05) is 43.4 Å². The molecule has 3 heterocycles. The Morgan fingerprint density at radius 2 is 2.15 bits per heavy atom. The van der Waals surface area contributed by atoms with Gasteiger partial charge < -0.3 is 20.4 Å². The molecular formula is C23H24N8O2. The molecule has 10 heteroatoms. The minimum absolute atomic E-state index is 0.133. The molecule has 168 valence electrons. The van der Waals surface area contributed by atoms with Crippen LogP contribution in [0.5, 0.6) is 5.75 Å². The standard InChI is InChI=1S/C23H24N8O2/c1-33-17-5-6-18-15(11-17)3-4-16-12-27-23(28-20(16)18)31-13-19(21(24)29-31)22(32)26-7-2-9-30-10-8-25-14-30/h5-6,8,10-14H,2-4,7,9H2,1H3,(H2,24,29)(H,26,32). The molecule has 1 amide bonds. The molecule has 0 radical (unpaired) electrons. The maximum atomic E-state index is 12.6. The van der Waals surface area contributed by atoms with Crippen LogP contribution in [0.1, 0.15) is 27.9 Å². The van der Waals surface area contributed by atoms with Gasteiger partial charge in [0.05, 0.1) is 19.1 Å². The van der Waals surface area contributed by atoms with E-state index in [0.29, 0.717) is 18.1 Å². The topological polar surface area (TPSA) is 126 Å². The molecule has 0 saturated heterocycles. The largest absolute Gasteiger partial charge is 0.497 e. The lowest BCUT2D eigenvalue weighted by molar-refractivity contribution is 0.0953. The molecule has 0 unspecified atom stereocenters. The van der Waals surface area contributed by atoms with E-state index in [-0.39, 0.29) is 11.7 Å². The first-order chi connectivity index (χ1) is 16.1.